The van der Waals surface area contributed by atoms with E-state index >= 15 is 0 Å². The van der Waals surface area contributed by atoms with Crippen molar-refractivity contribution in [2.75, 3.05) is 37.3 Å². The van der Waals surface area contributed by atoms with Crippen molar-refractivity contribution in [3.8, 4) is 0 Å². The van der Waals surface area contributed by atoms with Crippen LogP contribution in [-0.4, -0.2) is 66.0 Å². The number of carbonyl (C=O) groups is 1. The number of hydrogen-bond acceptors (Lipinski definition) is 7. The number of thiazole rings is 1. The summed E-state index contributed by atoms with van der Waals surface area (Å²) in [7, 11) is -3.25. The second-order valence-electron chi connectivity index (χ2n) is 7.65. The molecule has 5 rings (SSSR count). The molecule has 10 heteroatoms. The maximum Gasteiger partial charge on any atom is 0.272 e. The Hall–Kier alpha value is -2.98. The van der Waals surface area contributed by atoms with E-state index in [-0.39, 0.29) is 5.91 Å². The molecular weight excluding hydrogens is 434 g/mol. The maximum absolute atomic E-state index is 13.2. The lowest BCUT2D eigenvalue weighted by Crippen LogP contribution is -2.49. The van der Waals surface area contributed by atoms with Gasteiger partial charge < -0.3 is 9.80 Å². The van der Waals surface area contributed by atoms with Gasteiger partial charge in [-0.25, -0.2) is 18.4 Å². The summed E-state index contributed by atoms with van der Waals surface area (Å²) in [6, 6.07) is 10.7. The van der Waals surface area contributed by atoms with E-state index in [4.69, 9.17) is 0 Å². The molecule has 3 aromatic heterocycles. The van der Waals surface area contributed by atoms with Crippen LogP contribution in [0.4, 0.5) is 5.13 Å². The maximum atomic E-state index is 13.2. The van der Waals surface area contributed by atoms with E-state index in [2.05, 4.69) is 14.9 Å². The number of rotatable bonds is 3. The SMILES string of the molecule is Cc1nc2ccccn2c1C(=O)N1CCN(c2nc3ccc(S(C)(=O)=O)cc3s2)CC1. The highest BCUT2D eigenvalue weighted by Gasteiger charge is 2.27. The first-order valence-corrected chi connectivity index (χ1v) is 12.6. The zero-order chi connectivity index (χ0) is 21.8. The summed E-state index contributed by atoms with van der Waals surface area (Å²) < 4.78 is 26.3. The Kier molecular flexibility index (Phi) is 4.71. The molecule has 0 radical (unpaired) electrons. The molecule has 4 aromatic rings. The standard InChI is InChI=1S/C21H21N5O3S2/c1-14-19(26-8-4-3-5-18(26)22-14)20(27)24-9-11-25(12-10-24)21-23-16-7-6-15(31(2,28)29)13-17(16)30-21/h3-8,13H,9-12H2,1-2H3. The minimum absolute atomic E-state index is 0.0158. The average molecular weight is 456 g/mol. The number of sulfone groups is 1. The van der Waals surface area contributed by atoms with Gasteiger partial charge in [-0.2, -0.15) is 0 Å². The molecule has 0 saturated carbocycles. The number of aromatic nitrogens is 3. The minimum atomic E-state index is -3.25. The second-order valence-corrected chi connectivity index (χ2v) is 10.7. The lowest BCUT2D eigenvalue weighted by molar-refractivity contribution is 0.0739. The molecule has 0 unspecified atom stereocenters. The van der Waals surface area contributed by atoms with Crippen molar-refractivity contribution in [2.45, 2.75) is 11.8 Å². The van der Waals surface area contributed by atoms with Crippen LogP contribution in [0.2, 0.25) is 0 Å². The van der Waals surface area contributed by atoms with Crippen molar-refractivity contribution >= 4 is 48.1 Å². The smallest absolute Gasteiger partial charge is 0.272 e. The van der Waals surface area contributed by atoms with Gasteiger partial charge in [0.05, 0.1) is 20.8 Å². The Balaban J connectivity index is 1.34. The first-order chi connectivity index (χ1) is 14.8. The van der Waals surface area contributed by atoms with E-state index in [0.717, 1.165) is 26.7 Å². The zero-order valence-corrected chi connectivity index (χ0v) is 18.8. The predicted molar refractivity (Wildman–Crippen MR) is 121 cm³/mol. The molecule has 0 N–H and O–H groups in total. The molecule has 160 valence electrons. The summed E-state index contributed by atoms with van der Waals surface area (Å²) in [6.07, 6.45) is 3.07. The largest absolute Gasteiger partial charge is 0.345 e. The summed E-state index contributed by atoms with van der Waals surface area (Å²) >= 11 is 1.48. The van der Waals surface area contributed by atoms with Crippen molar-refractivity contribution < 1.29 is 13.2 Å². The number of anilines is 1. The summed E-state index contributed by atoms with van der Waals surface area (Å²) in [4.78, 5) is 26.7. The Morgan fingerprint density at radius 2 is 1.84 bits per heavy atom. The van der Waals surface area contributed by atoms with Crippen molar-refractivity contribution in [2.24, 2.45) is 0 Å². The zero-order valence-electron chi connectivity index (χ0n) is 17.1. The number of amides is 1. The van der Waals surface area contributed by atoms with Crippen LogP contribution in [0.3, 0.4) is 0 Å². The van der Waals surface area contributed by atoms with Gasteiger partial charge in [0.1, 0.15) is 11.3 Å². The molecule has 1 saturated heterocycles. The molecule has 4 heterocycles. The summed E-state index contributed by atoms with van der Waals surface area (Å²) in [6.45, 7) is 4.37. The van der Waals surface area contributed by atoms with Crippen molar-refractivity contribution in [3.05, 3.63) is 54.0 Å². The van der Waals surface area contributed by atoms with E-state index in [9.17, 15) is 13.2 Å². The van der Waals surface area contributed by atoms with Crippen LogP contribution < -0.4 is 4.90 Å². The van der Waals surface area contributed by atoms with Gasteiger partial charge in [0, 0.05) is 38.6 Å². The summed E-state index contributed by atoms with van der Waals surface area (Å²) in [5.41, 5.74) is 2.89. The number of hydrogen-bond donors (Lipinski definition) is 0. The third-order valence-corrected chi connectivity index (χ3v) is 7.71. The lowest BCUT2D eigenvalue weighted by Gasteiger charge is -2.34. The first-order valence-electron chi connectivity index (χ1n) is 9.90. The number of carbonyl (C=O) groups excluding carboxylic acids is 1. The number of nitrogens with zero attached hydrogens (tertiary/aromatic N) is 5. The van der Waals surface area contributed by atoms with Crippen LogP contribution in [0.1, 0.15) is 16.2 Å². The Morgan fingerprint density at radius 3 is 2.58 bits per heavy atom. The molecule has 1 amide bonds. The van der Waals surface area contributed by atoms with Crippen LogP contribution in [0.5, 0.6) is 0 Å². The molecule has 0 atom stereocenters. The molecular formula is C21H21N5O3S2. The average Bonchev–Trinajstić information content (AvgIpc) is 3.32. The van der Waals surface area contributed by atoms with E-state index in [0.29, 0.717) is 36.8 Å². The number of pyridine rings is 1. The molecule has 0 spiro atoms. The molecule has 1 aromatic carbocycles. The molecule has 1 fully saturated rings. The van der Waals surface area contributed by atoms with Crippen LogP contribution in [0.15, 0.2) is 47.5 Å². The van der Waals surface area contributed by atoms with E-state index in [1.54, 1.807) is 18.2 Å². The van der Waals surface area contributed by atoms with Gasteiger partial charge in [-0.1, -0.05) is 17.4 Å². The fourth-order valence-electron chi connectivity index (χ4n) is 3.88. The molecule has 8 nitrogen and oxygen atoms in total. The Bertz CT molecular complexity index is 1420. The van der Waals surface area contributed by atoms with Gasteiger partial charge in [-0.15, -0.1) is 0 Å². The fraction of sp³-hybridized carbons (Fsp3) is 0.286. The monoisotopic (exact) mass is 455 g/mol. The molecule has 0 bridgehead atoms. The predicted octanol–water partition coefficient (Wildman–Crippen LogP) is 2.62. The number of benzene rings is 1. The van der Waals surface area contributed by atoms with Crippen molar-refractivity contribution in [3.63, 3.8) is 0 Å². The van der Waals surface area contributed by atoms with Crippen LogP contribution in [-0.2, 0) is 9.84 Å². The van der Waals surface area contributed by atoms with Crippen molar-refractivity contribution in [1.29, 1.82) is 0 Å². The van der Waals surface area contributed by atoms with Gasteiger partial charge in [0.15, 0.2) is 15.0 Å². The van der Waals surface area contributed by atoms with Crippen LogP contribution >= 0.6 is 11.3 Å². The van der Waals surface area contributed by atoms with Gasteiger partial charge in [0.2, 0.25) is 0 Å². The van der Waals surface area contributed by atoms with Gasteiger partial charge in [-0.3, -0.25) is 9.20 Å². The highest BCUT2D eigenvalue weighted by atomic mass is 32.2. The Morgan fingerprint density at radius 1 is 1.06 bits per heavy atom. The highest BCUT2D eigenvalue weighted by molar-refractivity contribution is 7.90. The minimum Gasteiger partial charge on any atom is -0.345 e. The summed E-state index contributed by atoms with van der Waals surface area (Å²) in [5.74, 6) is -0.0158. The van der Waals surface area contributed by atoms with Gasteiger partial charge >= 0.3 is 0 Å². The number of piperazine rings is 1. The highest BCUT2D eigenvalue weighted by Crippen LogP contribution is 2.31. The van der Waals surface area contributed by atoms with E-state index in [1.165, 1.54) is 17.6 Å². The molecule has 1 aliphatic rings. The van der Waals surface area contributed by atoms with E-state index in [1.807, 2.05) is 40.6 Å². The number of aryl methyl sites for hydroxylation is 1. The summed E-state index contributed by atoms with van der Waals surface area (Å²) in [5, 5.41) is 0.846. The quantitative estimate of drug-likeness (QED) is 0.472. The second kappa shape index (κ2) is 7.31. The molecule has 0 aliphatic carbocycles. The Labute approximate surface area is 183 Å². The van der Waals surface area contributed by atoms with E-state index < -0.39 is 9.84 Å². The third-order valence-electron chi connectivity index (χ3n) is 5.52. The number of imidazole rings is 1. The van der Waals surface area contributed by atoms with Gasteiger partial charge in [-0.05, 0) is 37.3 Å². The molecule has 1 aliphatic heterocycles. The third kappa shape index (κ3) is 3.55. The van der Waals surface area contributed by atoms with Crippen LogP contribution in [0.25, 0.3) is 15.9 Å². The lowest BCUT2D eigenvalue weighted by atomic mass is 10.2. The van der Waals surface area contributed by atoms with Crippen molar-refractivity contribution in [1.82, 2.24) is 19.3 Å². The first kappa shape index (κ1) is 20.0. The fourth-order valence-corrected chi connectivity index (χ4v) is 5.66. The molecule has 31 heavy (non-hydrogen) atoms. The van der Waals surface area contributed by atoms with Gasteiger partial charge in [0.25, 0.3) is 5.91 Å². The number of fused-ring (bicyclic) bond motifs is 2. The topological polar surface area (TPSA) is 87.9 Å². The van der Waals surface area contributed by atoms with Crippen LogP contribution in [0, 0.1) is 6.92 Å². The normalized spacial score (nSPS) is 15.2.